The van der Waals surface area contributed by atoms with Crippen LogP contribution in [0.1, 0.15) is 17.5 Å². The van der Waals surface area contributed by atoms with Gasteiger partial charge in [-0.25, -0.2) is 0 Å². The molecule has 0 saturated heterocycles. The van der Waals surface area contributed by atoms with Gasteiger partial charge >= 0.3 is 5.97 Å². The van der Waals surface area contributed by atoms with E-state index in [0.29, 0.717) is 12.8 Å². The third-order valence-corrected chi connectivity index (χ3v) is 6.50. The Balaban J connectivity index is 1.98. The van der Waals surface area contributed by atoms with Crippen molar-refractivity contribution in [3.8, 4) is 0 Å². The van der Waals surface area contributed by atoms with Crippen LogP contribution in [0.25, 0.3) is 0 Å². The number of benzene rings is 2. The normalized spacial score (nSPS) is 15.9. The molecule has 0 aliphatic heterocycles. The van der Waals surface area contributed by atoms with Crippen LogP contribution in [0.2, 0.25) is 0 Å². The van der Waals surface area contributed by atoms with E-state index in [4.69, 9.17) is 5.73 Å². The molecule has 0 aromatic heterocycles. The lowest BCUT2D eigenvalue weighted by atomic mass is 10.0. The van der Waals surface area contributed by atoms with Crippen LogP contribution in [0.15, 0.2) is 60.7 Å². The van der Waals surface area contributed by atoms with Gasteiger partial charge in [0.15, 0.2) is 0 Å². The lowest BCUT2D eigenvalue weighted by molar-refractivity contribution is -0.141. The molecule has 0 aliphatic rings. The van der Waals surface area contributed by atoms with Crippen molar-refractivity contribution in [1.82, 2.24) is 0 Å². The number of carbonyl (C=O) groups is 1. The van der Waals surface area contributed by atoms with Crippen LogP contribution in [0, 0.1) is 5.92 Å². The number of nitrogens with two attached hydrogens (primary N) is 1. The molecule has 0 spiro atoms. The van der Waals surface area contributed by atoms with Crippen LogP contribution in [0.4, 0.5) is 0 Å². The van der Waals surface area contributed by atoms with Crippen LogP contribution in [-0.4, -0.2) is 27.9 Å². The van der Waals surface area contributed by atoms with Gasteiger partial charge in [-0.05, 0) is 30.4 Å². The fourth-order valence-corrected chi connectivity index (χ4v) is 4.46. The molecular formula is C19H24NO4P. The highest BCUT2D eigenvalue weighted by Gasteiger charge is 2.33. The summed E-state index contributed by atoms with van der Waals surface area (Å²) in [5.74, 6) is -2.93. The quantitative estimate of drug-likeness (QED) is 0.596. The molecule has 0 heterocycles. The summed E-state index contributed by atoms with van der Waals surface area (Å²) in [6.07, 6.45) is 0.831. The highest BCUT2D eigenvalue weighted by molar-refractivity contribution is 7.58. The fraction of sp³-hybridized carbons (Fsp3) is 0.316. The summed E-state index contributed by atoms with van der Waals surface area (Å²) in [5.41, 5.74) is 7.80. The number of rotatable bonds is 9. The van der Waals surface area contributed by atoms with Gasteiger partial charge in [0.2, 0.25) is 7.37 Å². The Morgan fingerprint density at radius 2 is 1.52 bits per heavy atom. The maximum Gasteiger partial charge on any atom is 0.307 e. The number of carboxylic acids is 1. The molecule has 134 valence electrons. The van der Waals surface area contributed by atoms with Crippen molar-refractivity contribution in [1.29, 1.82) is 0 Å². The lowest BCUT2D eigenvalue weighted by Gasteiger charge is -2.22. The van der Waals surface area contributed by atoms with Gasteiger partial charge in [-0.3, -0.25) is 9.36 Å². The first-order valence-corrected chi connectivity index (χ1v) is 10.2. The van der Waals surface area contributed by atoms with Gasteiger partial charge in [-0.15, -0.1) is 0 Å². The summed E-state index contributed by atoms with van der Waals surface area (Å²) in [5, 5.41) is 9.41. The first kappa shape index (κ1) is 19.4. The van der Waals surface area contributed by atoms with Gasteiger partial charge in [0, 0.05) is 6.16 Å². The predicted octanol–water partition coefficient (Wildman–Crippen LogP) is 3.12. The molecule has 25 heavy (non-hydrogen) atoms. The standard InChI is InChI=1S/C19H24NO4P/c20-18(12-11-15-7-3-1-4-8-15)25(23,24)14-17(19(21)22)13-16-9-5-2-6-10-16/h1-10,17-18H,11-14,20H2,(H,21,22)(H,23,24)/t17-,18+/m0/s1. The van der Waals surface area contributed by atoms with E-state index >= 15 is 0 Å². The van der Waals surface area contributed by atoms with E-state index in [1.807, 2.05) is 60.7 Å². The molecule has 2 rings (SSSR count). The molecular weight excluding hydrogens is 337 g/mol. The summed E-state index contributed by atoms with van der Waals surface area (Å²) in [7, 11) is -3.77. The Labute approximate surface area is 148 Å². The lowest BCUT2D eigenvalue weighted by Crippen LogP contribution is -2.28. The van der Waals surface area contributed by atoms with Crippen LogP contribution >= 0.6 is 7.37 Å². The van der Waals surface area contributed by atoms with E-state index in [1.165, 1.54) is 0 Å². The first-order chi connectivity index (χ1) is 11.9. The minimum Gasteiger partial charge on any atom is -0.481 e. The summed E-state index contributed by atoms with van der Waals surface area (Å²) < 4.78 is 12.6. The maximum atomic E-state index is 12.6. The second-order valence-corrected chi connectivity index (χ2v) is 8.79. The minimum absolute atomic E-state index is 0.214. The molecule has 5 nitrogen and oxygen atoms in total. The molecule has 0 aliphatic carbocycles. The Hall–Kier alpha value is -1.94. The van der Waals surface area contributed by atoms with E-state index in [-0.39, 0.29) is 12.6 Å². The van der Waals surface area contributed by atoms with Crippen LogP contribution < -0.4 is 5.73 Å². The first-order valence-electron chi connectivity index (χ1n) is 8.26. The summed E-state index contributed by atoms with van der Waals surface area (Å²) >= 11 is 0. The minimum atomic E-state index is -3.77. The molecule has 4 N–H and O–H groups in total. The van der Waals surface area contributed by atoms with Crippen molar-refractivity contribution in [2.45, 2.75) is 25.0 Å². The second-order valence-electron chi connectivity index (χ2n) is 6.25. The topological polar surface area (TPSA) is 101 Å². The van der Waals surface area contributed by atoms with Crippen molar-refractivity contribution in [2.75, 3.05) is 6.16 Å². The number of hydrogen-bond acceptors (Lipinski definition) is 3. The SMILES string of the molecule is N[C@@H](CCc1ccccc1)P(=O)(O)C[C@H](Cc1ccccc1)C(=O)O. The van der Waals surface area contributed by atoms with Crippen molar-refractivity contribution in [3.05, 3.63) is 71.8 Å². The summed E-state index contributed by atoms with van der Waals surface area (Å²) in [6, 6.07) is 18.7. The van der Waals surface area contributed by atoms with Gasteiger partial charge in [0.1, 0.15) is 0 Å². The zero-order valence-corrected chi connectivity index (χ0v) is 14.9. The van der Waals surface area contributed by atoms with E-state index in [1.54, 1.807) is 0 Å². The van der Waals surface area contributed by atoms with Gasteiger partial charge < -0.3 is 15.7 Å². The molecule has 0 amide bonds. The van der Waals surface area contributed by atoms with E-state index in [0.717, 1.165) is 11.1 Å². The Bertz CT molecular complexity index is 721. The molecule has 0 saturated carbocycles. The maximum absolute atomic E-state index is 12.6. The highest BCUT2D eigenvalue weighted by atomic mass is 31.2. The summed E-state index contributed by atoms with van der Waals surface area (Å²) in [6.45, 7) is 0. The molecule has 0 radical (unpaired) electrons. The second kappa shape index (κ2) is 8.95. The number of aryl methyl sites for hydroxylation is 1. The fourth-order valence-electron chi connectivity index (χ4n) is 2.74. The zero-order valence-electron chi connectivity index (χ0n) is 14.0. The van der Waals surface area contributed by atoms with Gasteiger partial charge in [0.25, 0.3) is 0 Å². The zero-order chi connectivity index (χ0) is 18.3. The Morgan fingerprint density at radius 1 is 1.00 bits per heavy atom. The number of carboxylic acid groups (broad SMARTS) is 1. The van der Waals surface area contributed by atoms with Crippen LogP contribution in [-0.2, 0) is 22.2 Å². The number of aliphatic carboxylic acids is 1. The van der Waals surface area contributed by atoms with Gasteiger partial charge in [0.05, 0.1) is 11.7 Å². The van der Waals surface area contributed by atoms with Gasteiger partial charge in [-0.2, -0.15) is 0 Å². The van der Waals surface area contributed by atoms with Crippen molar-refractivity contribution in [2.24, 2.45) is 11.7 Å². The van der Waals surface area contributed by atoms with Crippen molar-refractivity contribution >= 4 is 13.3 Å². The van der Waals surface area contributed by atoms with Crippen LogP contribution in [0.3, 0.4) is 0 Å². The van der Waals surface area contributed by atoms with E-state index in [9.17, 15) is 19.4 Å². The summed E-state index contributed by atoms with van der Waals surface area (Å²) in [4.78, 5) is 21.8. The van der Waals surface area contributed by atoms with E-state index < -0.39 is 25.0 Å². The number of hydrogen-bond donors (Lipinski definition) is 3. The third kappa shape index (κ3) is 6.13. The van der Waals surface area contributed by atoms with Crippen LogP contribution in [0.5, 0.6) is 0 Å². The predicted molar refractivity (Wildman–Crippen MR) is 98.7 cm³/mol. The Morgan fingerprint density at radius 3 is 2.04 bits per heavy atom. The molecule has 1 unspecified atom stereocenters. The smallest absolute Gasteiger partial charge is 0.307 e. The molecule has 0 bridgehead atoms. The monoisotopic (exact) mass is 361 g/mol. The largest absolute Gasteiger partial charge is 0.481 e. The van der Waals surface area contributed by atoms with Crippen molar-refractivity contribution in [3.63, 3.8) is 0 Å². The third-order valence-electron chi connectivity index (χ3n) is 4.25. The van der Waals surface area contributed by atoms with Crippen molar-refractivity contribution < 1.29 is 19.4 Å². The molecule has 2 aromatic rings. The molecule has 3 atom stereocenters. The average molecular weight is 361 g/mol. The molecule has 6 heteroatoms. The average Bonchev–Trinajstić information content (AvgIpc) is 2.60. The van der Waals surface area contributed by atoms with E-state index in [2.05, 4.69) is 0 Å². The Kier molecular flexibility index (Phi) is 6.94. The highest BCUT2D eigenvalue weighted by Crippen LogP contribution is 2.47. The van der Waals surface area contributed by atoms with Gasteiger partial charge in [-0.1, -0.05) is 60.7 Å². The molecule has 2 aromatic carbocycles. The molecule has 0 fully saturated rings.